The normalized spacial score (nSPS) is 16.2. The number of carbonyl (C=O) groups excluding carboxylic acids is 1. The Bertz CT molecular complexity index is 1320. The molecule has 1 aliphatic heterocycles. The summed E-state index contributed by atoms with van der Waals surface area (Å²) in [5.41, 5.74) is 4.81. The summed E-state index contributed by atoms with van der Waals surface area (Å²) in [7, 11) is -2.02. The summed E-state index contributed by atoms with van der Waals surface area (Å²) in [5, 5.41) is 13.5. The van der Waals surface area contributed by atoms with E-state index in [-0.39, 0.29) is 21.6 Å². The molecule has 0 radical (unpaired) electrons. The van der Waals surface area contributed by atoms with E-state index in [2.05, 4.69) is 15.2 Å². The molecular weight excluding hydrogens is 505 g/mol. The van der Waals surface area contributed by atoms with Crippen molar-refractivity contribution in [1.29, 1.82) is 0 Å². The average Bonchev–Trinajstić information content (AvgIpc) is 3.18. The molecule has 3 aromatic rings. The van der Waals surface area contributed by atoms with E-state index in [0.29, 0.717) is 29.7 Å². The van der Waals surface area contributed by atoms with Gasteiger partial charge in [-0.2, -0.15) is 0 Å². The van der Waals surface area contributed by atoms with Crippen LogP contribution in [-0.4, -0.2) is 53.0 Å². The smallest absolute Gasteiger partial charge is 0.251 e. The Morgan fingerprint density at radius 1 is 1.22 bits per heavy atom. The molecule has 0 spiro atoms. The Morgan fingerprint density at radius 3 is 2.44 bits per heavy atom. The number of nitrogens with one attached hydrogen (secondary N) is 1. The Labute approximate surface area is 212 Å². The Hall–Kier alpha value is -2.65. The maximum absolute atomic E-state index is 14.9. The van der Waals surface area contributed by atoms with Crippen molar-refractivity contribution in [3.63, 3.8) is 0 Å². The van der Waals surface area contributed by atoms with Gasteiger partial charge in [-0.15, -0.1) is 11.3 Å². The molecule has 1 amide bonds. The summed E-state index contributed by atoms with van der Waals surface area (Å²) in [6.07, 6.45) is 1.38. The van der Waals surface area contributed by atoms with Crippen LogP contribution in [-0.2, 0) is 16.7 Å². The highest BCUT2D eigenvalue weighted by Gasteiger charge is 2.26. The lowest BCUT2D eigenvalue weighted by molar-refractivity contribution is 0.0778. The van der Waals surface area contributed by atoms with Gasteiger partial charge in [0.05, 0.1) is 29.6 Å². The number of nitrogens with two attached hydrogens (primary N) is 1. The fourth-order valence-electron chi connectivity index (χ4n) is 4.02. The van der Waals surface area contributed by atoms with E-state index < -0.39 is 30.3 Å². The summed E-state index contributed by atoms with van der Waals surface area (Å²) < 4.78 is 42.0. The summed E-state index contributed by atoms with van der Waals surface area (Å²) in [5.74, 6) is -1.99. The van der Waals surface area contributed by atoms with Gasteiger partial charge < -0.3 is 20.7 Å². The molecular formula is C25H29F2N4O3PS. The van der Waals surface area contributed by atoms with Gasteiger partial charge in [0.2, 0.25) is 0 Å². The molecule has 3 heterocycles. The number of anilines is 2. The molecule has 1 aromatic carbocycles. The van der Waals surface area contributed by atoms with Gasteiger partial charge in [0.15, 0.2) is 0 Å². The standard InChI is InChI=1S/C25H29F2N4O3PS/c1-25(2,33)15-11-18(26)22(19(27)12-15)20-13-17(23(28)32)24(36-20)30-21-6-4-5-16(29-21)14-31-7-9-35(3,34)10-8-31/h4-6,11-13,33H,7-10,14H2,1-3H3,(H2,28,32)(H,29,30). The number of hydrogen-bond acceptors (Lipinski definition) is 7. The van der Waals surface area contributed by atoms with Crippen molar-refractivity contribution >= 4 is 35.2 Å². The molecule has 1 fully saturated rings. The monoisotopic (exact) mass is 534 g/mol. The second-order valence-electron chi connectivity index (χ2n) is 9.75. The zero-order chi connectivity index (χ0) is 26.3. The van der Waals surface area contributed by atoms with Gasteiger partial charge in [-0.3, -0.25) is 9.69 Å². The van der Waals surface area contributed by atoms with Crippen molar-refractivity contribution in [2.45, 2.75) is 26.0 Å². The van der Waals surface area contributed by atoms with Gasteiger partial charge in [0, 0.05) is 36.8 Å². The van der Waals surface area contributed by atoms with Crippen molar-refractivity contribution in [3.05, 3.63) is 64.9 Å². The zero-order valence-corrected chi connectivity index (χ0v) is 22.1. The summed E-state index contributed by atoms with van der Waals surface area (Å²) in [6.45, 7) is 6.81. The SMILES string of the molecule is CC(C)(O)c1cc(F)c(-c2cc(C(N)=O)c(Nc3cccc(CN4CCP(C)(=O)CC4)n3)s2)c(F)c1. The van der Waals surface area contributed by atoms with E-state index >= 15 is 0 Å². The van der Waals surface area contributed by atoms with Crippen molar-refractivity contribution in [2.75, 3.05) is 37.4 Å². The number of aliphatic hydroxyl groups is 1. The minimum atomic E-state index is -2.02. The van der Waals surface area contributed by atoms with Gasteiger partial charge in [-0.05, 0) is 56.4 Å². The van der Waals surface area contributed by atoms with E-state index in [0.717, 1.165) is 42.3 Å². The van der Waals surface area contributed by atoms with Crippen molar-refractivity contribution in [3.8, 4) is 10.4 Å². The number of nitrogens with zero attached hydrogens (tertiary/aromatic N) is 2. The maximum atomic E-state index is 14.9. The van der Waals surface area contributed by atoms with Crippen LogP contribution in [0.3, 0.4) is 0 Å². The maximum Gasteiger partial charge on any atom is 0.251 e. The second kappa shape index (κ2) is 10.0. The molecule has 0 aliphatic carbocycles. The molecule has 1 aliphatic rings. The third-order valence-electron chi connectivity index (χ3n) is 6.20. The summed E-state index contributed by atoms with van der Waals surface area (Å²) in [6, 6.07) is 8.95. The molecule has 7 nitrogen and oxygen atoms in total. The van der Waals surface area contributed by atoms with Crippen molar-refractivity contribution in [1.82, 2.24) is 9.88 Å². The number of benzene rings is 1. The predicted molar refractivity (Wildman–Crippen MR) is 139 cm³/mol. The van der Waals surface area contributed by atoms with Crippen LogP contribution in [0, 0.1) is 11.6 Å². The molecule has 2 aromatic heterocycles. The fourth-order valence-corrected chi connectivity index (χ4v) is 6.78. The predicted octanol–water partition coefficient (Wildman–Crippen LogP) is 4.97. The van der Waals surface area contributed by atoms with Crippen LogP contribution in [0.1, 0.15) is 35.5 Å². The molecule has 0 unspecified atom stereocenters. The third kappa shape index (κ3) is 6.00. The minimum absolute atomic E-state index is 0.0855. The zero-order valence-electron chi connectivity index (χ0n) is 20.3. The largest absolute Gasteiger partial charge is 0.386 e. The first-order valence-electron chi connectivity index (χ1n) is 11.5. The van der Waals surface area contributed by atoms with Crippen LogP contribution in [0.25, 0.3) is 10.4 Å². The highest BCUT2D eigenvalue weighted by Crippen LogP contribution is 2.43. The molecule has 0 bridgehead atoms. The molecule has 11 heteroatoms. The quantitative estimate of drug-likeness (QED) is 0.370. The van der Waals surface area contributed by atoms with Crippen LogP contribution in [0.4, 0.5) is 19.6 Å². The number of primary amides is 1. The number of aromatic nitrogens is 1. The van der Waals surface area contributed by atoms with Crippen LogP contribution < -0.4 is 11.1 Å². The van der Waals surface area contributed by atoms with Crippen LogP contribution in [0.15, 0.2) is 36.4 Å². The van der Waals surface area contributed by atoms with Crippen LogP contribution in [0.5, 0.6) is 0 Å². The first-order valence-corrected chi connectivity index (χ1v) is 14.8. The molecule has 4 rings (SSSR count). The third-order valence-corrected chi connectivity index (χ3v) is 9.56. The van der Waals surface area contributed by atoms with Crippen LogP contribution in [0.2, 0.25) is 0 Å². The Balaban J connectivity index is 1.59. The van der Waals surface area contributed by atoms with E-state index in [4.69, 9.17) is 5.73 Å². The van der Waals surface area contributed by atoms with E-state index in [1.165, 1.54) is 19.9 Å². The minimum Gasteiger partial charge on any atom is -0.386 e. The van der Waals surface area contributed by atoms with Crippen LogP contribution >= 0.6 is 18.5 Å². The van der Waals surface area contributed by atoms with E-state index in [1.54, 1.807) is 6.07 Å². The molecule has 0 atom stereocenters. The van der Waals surface area contributed by atoms with E-state index in [9.17, 15) is 23.2 Å². The topological polar surface area (TPSA) is 109 Å². The number of halogens is 2. The molecule has 0 saturated carbocycles. The molecule has 192 valence electrons. The fraction of sp³-hybridized carbons (Fsp3) is 0.360. The van der Waals surface area contributed by atoms with Crippen molar-refractivity contribution < 1.29 is 23.2 Å². The highest BCUT2D eigenvalue weighted by molar-refractivity contribution is 7.63. The lowest BCUT2D eigenvalue weighted by Gasteiger charge is -2.30. The first-order chi connectivity index (χ1) is 16.8. The average molecular weight is 535 g/mol. The molecule has 36 heavy (non-hydrogen) atoms. The lowest BCUT2D eigenvalue weighted by Crippen LogP contribution is -2.34. The number of amides is 1. The number of hydrogen-bond donors (Lipinski definition) is 3. The number of carbonyl (C=O) groups is 1. The van der Waals surface area contributed by atoms with Crippen molar-refractivity contribution in [2.24, 2.45) is 5.73 Å². The number of pyridine rings is 1. The van der Waals surface area contributed by atoms with Gasteiger partial charge in [0.1, 0.15) is 22.5 Å². The Kier molecular flexibility index (Phi) is 7.35. The van der Waals surface area contributed by atoms with Gasteiger partial charge in [-0.1, -0.05) is 6.07 Å². The van der Waals surface area contributed by atoms with Gasteiger partial charge >= 0.3 is 0 Å². The second-order valence-corrected chi connectivity index (χ2v) is 14.3. The first kappa shape index (κ1) is 26.4. The molecule has 4 N–H and O–H groups in total. The summed E-state index contributed by atoms with van der Waals surface area (Å²) in [4.78, 5) is 19.1. The van der Waals surface area contributed by atoms with Gasteiger partial charge in [-0.25, -0.2) is 13.8 Å². The number of rotatable bonds is 7. The van der Waals surface area contributed by atoms with E-state index in [1.807, 2.05) is 18.8 Å². The highest BCUT2D eigenvalue weighted by atomic mass is 32.1. The Morgan fingerprint density at radius 2 is 1.86 bits per heavy atom. The number of thiophene rings is 1. The van der Waals surface area contributed by atoms with Gasteiger partial charge in [0.25, 0.3) is 5.91 Å². The lowest BCUT2D eigenvalue weighted by atomic mass is 9.96. The summed E-state index contributed by atoms with van der Waals surface area (Å²) >= 11 is 0.983. The molecule has 1 saturated heterocycles.